The number of hydrogen-bond acceptors (Lipinski definition) is 5. The third-order valence-electron chi connectivity index (χ3n) is 3.65. The number of aryl methyl sites for hydroxylation is 3. The molecule has 2 aromatic rings. The molecule has 24 heavy (non-hydrogen) atoms. The summed E-state index contributed by atoms with van der Waals surface area (Å²) in [6.07, 6.45) is 0. The summed E-state index contributed by atoms with van der Waals surface area (Å²) in [4.78, 5) is 23.3. The van der Waals surface area contributed by atoms with Gasteiger partial charge in [0.2, 0.25) is 5.95 Å². The molecule has 0 bridgehead atoms. The summed E-state index contributed by atoms with van der Waals surface area (Å²) in [5.41, 5.74) is 4.00. The first kappa shape index (κ1) is 17.9. The first-order chi connectivity index (χ1) is 11.4. The van der Waals surface area contributed by atoms with Crippen molar-refractivity contribution in [3.8, 4) is 0 Å². The summed E-state index contributed by atoms with van der Waals surface area (Å²) >= 11 is 0. The van der Waals surface area contributed by atoms with Crippen molar-refractivity contribution in [2.45, 2.75) is 20.8 Å². The van der Waals surface area contributed by atoms with Gasteiger partial charge in [0, 0.05) is 24.5 Å². The van der Waals surface area contributed by atoms with Crippen LogP contribution in [-0.2, 0) is 0 Å². The Bertz CT molecular complexity index is 707. The second kappa shape index (κ2) is 7.88. The van der Waals surface area contributed by atoms with Gasteiger partial charge in [-0.15, -0.1) is 0 Å². The molecule has 1 aromatic carbocycles. The van der Waals surface area contributed by atoms with Crippen molar-refractivity contribution in [3.63, 3.8) is 0 Å². The average molecular weight is 327 g/mol. The van der Waals surface area contributed by atoms with E-state index in [1.807, 2.05) is 53.1 Å². The van der Waals surface area contributed by atoms with Crippen LogP contribution in [0, 0.1) is 20.8 Å². The number of nitrogens with zero attached hydrogens (tertiary/aromatic N) is 3. The third-order valence-corrected chi connectivity index (χ3v) is 3.65. The van der Waals surface area contributed by atoms with Crippen LogP contribution in [0.5, 0.6) is 0 Å². The summed E-state index contributed by atoms with van der Waals surface area (Å²) in [6.45, 7) is 7.38. The van der Waals surface area contributed by atoms with Gasteiger partial charge < -0.3 is 15.5 Å². The van der Waals surface area contributed by atoms with Gasteiger partial charge in [0.1, 0.15) is 5.69 Å². The van der Waals surface area contributed by atoms with Crippen LogP contribution in [0.15, 0.2) is 24.3 Å². The van der Waals surface area contributed by atoms with Crippen LogP contribution in [0.4, 0.5) is 11.6 Å². The Balaban J connectivity index is 2.15. The molecule has 2 rings (SSSR count). The van der Waals surface area contributed by atoms with Crippen LogP contribution in [0.1, 0.15) is 27.3 Å². The maximum absolute atomic E-state index is 12.6. The zero-order valence-electron chi connectivity index (χ0n) is 15.0. The van der Waals surface area contributed by atoms with E-state index in [0.717, 1.165) is 29.1 Å². The van der Waals surface area contributed by atoms with Crippen LogP contribution in [0.2, 0.25) is 0 Å². The van der Waals surface area contributed by atoms with Gasteiger partial charge in [-0.3, -0.25) is 4.79 Å². The Kier molecular flexibility index (Phi) is 5.87. The molecule has 0 unspecified atom stereocenters. The maximum Gasteiger partial charge on any atom is 0.274 e. The summed E-state index contributed by atoms with van der Waals surface area (Å²) in [7, 11) is 4.00. The van der Waals surface area contributed by atoms with E-state index < -0.39 is 0 Å². The number of likely N-dealkylation sites (N-methyl/N-ethyl adjacent to an activating group) is 1. The highest BCUT2D eigenvalue weighted by Crippen LogP contribution is 2.20. The van der Waals surface area contributed by atoms with Gasteiger partial charge in [-0.1, -0.05) is 18.2 Å². The fraction of sp³-hybridized carbons (Fsp3) is 0.389. The number of rotatable bonds is 6. The predicted octanol–water partition coefficient (Wildman–Crippen LogP) is 2.63. The molecule has 6 heteroatoms. The van der Waals surface area contributed by atoms with Crippen LogP contribution in [0.3, 0.4) is 0 Å². The monoisotopic (exact) mass is 327 g/mol. The largest absolute Gasteiger partial charge is 0.353 e. The molecule has 0 aliphatic carbocycles. The van der Waals surface area contributed by atoms with Crippen LogP contribution in [0.25, 0.3) is 0 Å². The summed E-state index contributed by atoms with van der Waals surface area (Å²) in [5, 5.41) is 6.11. The SMILES string of the molecule is Cc1cc(C(=O)Nc2c(C)cccc2C)nc(NCCN(C)C)n1. The number of carbonyl (C=O) groups is 1. The molecule has 2 N–H and O–H groups in total. The molecular weight excluding hydrogens is 302 g/mol. The van der Waals surface area contributed by atoms with Crippen LogP contribution >= 0.6 is 0 Å². The summed E-state index contributed by atoms with van der Waals surface area (Å²) in [5.74, 6) is 0.247. The topological polar surface area (TPSA) is 70.2 Å². The number of aromatic nitrogens is 2. The molecule has 0 radical (unpaired) electrons. The molecule has 0 spiro atoms. The highest BCUT2D eigenvalue weighted by Gasteiger charge is 2.13. The van der Waals surface area contributed by atoms with Gasteiger partial charge in [-0.25, -0.2) is 9.97 Å². The van der Waals surface area contributed by atoms with Crippen molar-refractivity contribution >= 4 is 17.5 Å². The minimum atomic E-state index is -0.228. The van der Waals surface area contributed by atoms with Gasteiger partial charge >= 0.3 is 0 Å². The molecule has 1 amide bonds. The Morgan fingerprint density at radius 1 is 1.12 bits per heavy atom. The van der Waals surface area contributed by atoms with E-state index in [4.69, 9.17) is 0 Å². The lowest BCUT2D eigenvalue weighted by Crippen LogP contribution is -2.22. The quantitative estimate of drug-likeness (QED) is 0.853. The van der Waals surface area contributed by atoms with E-state index in [-0.39, 0.29) is 5.91 Å². The van der Waals surface area contributed by atoms with Crippen molar-refractivity contribution < 1.29 is 4.79 Å². The Morgan fingerprint density at radius 3 is 2.42 bits per heavy atom. The number of benzene rings is 1. The number of amides is 1. The van der Waals surface area contributed by atoms with Gasteiger partial charge in [0.25, 0.3) is 5.91 Å². The van der Waals surface area contributed by atoms with E-state index >= 15 is 0 Å². The smallest absolute Gasteiger partial charge is 0.274 e. The average Bonchev–Trinajstić information content (AvgIpc) is 2.50. The lowest BCUT2D eigenvalue weighted by Gasteiger charge is -2.13. The molecule has 128 valence electrons. The number of hydrogen-bond donors (Lipinski definition) is 2. The fourth-order valence-corrected chi connectivity index (χ4v) is 2.34. The van der Waals surface area contributed by atoms with Crippen LogP contribution in [-0.4, -0.2) is 48.0 Å². The molecule has 0 aliphatic heterocycles. The van der Waals surface area contributed by atoms with Gasteiger partial charge in [0.05, 0.1) is 0 Å². The molecule has 0 aliphatic rings. The number of nitrogens with one attached hydrogen (secondary N) is 2. The normalized spacial score (nSPS) is 10.8. The Labute approximate surface area is 143 Å². The molecule has 6 nitrogen and oxygen atoms in total. The first-order valence-electron chi connectivity index (χ1n) is 7.98. The van der Waals surface area contributed by atoms with Crippen molar-refractivity contribution in [1.29, 1.82) is 0 Å². The molecule has 0 atom stereocenters. The molecule has 0 saturated heterocycles. The number of anilines is 2. The third kappa shape index (κ3) is 4.76. The van der Waals surface area contributed by atoms with E-state index in [0.29, 0.717) is 18.2 Å². The highest BCUT2D eigenvalue weighted by atomic mass is 16.1. The number of carbonyl (C=O) groups excluding carboxylic acids is 1. The highest BCUT2D eigenvalue weighted by molar-refractivity contribution is 6.03. The minimum Gasteiger partial charge on any atom is -0.353 e. The van der Waals surface area contributed by atoms with Gasteiger partial charge in [-0.05, 0) is 52.1 Å². The van der Waals surface area contributed by atoms with Crippen molar-refractivity contribution in [1.82, 2.24) is 14.9 Å². The minimum absolute atomic E-state index is 0.228. The lowest BCUT2D eigenvalue weighted by atomic mass is 10.1. The predicted molar refractivity (Wildman–Crippen MR) is 97.7 cm³/mol. The summed E-state index contributed by atoms with van der Waals surface area (Å²) < 4.78 is 0. The standard InChI is InChI=1S/C18H25N5O/c1-12-7-6-8-13(2)16(12)22-17(24)15-11-14(3)20-18(21-15)19-9-10-23(4)5/h6-8,11H,9-10H2,1-5H3,(H,22,24)(H,19,20,21). The fourth-order valence-electron chi connectivity index (χ4n) is 2.34. The Morgan fingerprint density at radius 2 is 1.79 bits per heavy atom. The zero-order chi connectivity index (χ0) is 17.7. The van der Waals surface area contributed by atoms with E-state index in [2.05, 4.69) is 25.5 Å². The van der Waals surface area contributed by atoms with E-state index in [1.165, 1.54) is 0 Å². The van der Waals surface area contributed by atoms with Gasteiger partial charge in [0.15, 0.2) is 0 Å². The zero-order valence-corrected chi connectivity index (χ0v) is 15.0. The van der Waals surface area contributed by atoms with Crippen LogP contribution < -0.4 is 10.6 Å². The number of para-hydroxylation sites is 1. The van der Waals surface area contributed by atoms with Crippen molar-refractivity contribution in [2.75, 3.05) is 37.8 Å². The first-order valence-corrected chi connectivity index (χ1v) is 7.98. The van der Waals surface area contributed by atoms with Crippen molar-refractivity contribution in [3.05, 3.63) is 46.8 Å². The molecule has 0 fully saturated rings. The lowest BCUT2D eigenvalue weighted by molar-refractivity contribution is 0.102. The van der Waals surface area contributed by atoms with E-state index in [1.54, 1.807) is 6.07 Å². The molecule has 1 aromatic heterocycles. The summed E-state index contributed by atoms with van der Waals surface area (Å²) in [6, 6.07) is 7.62. The Hall–Kier alpha value is -2.47. The second-order valence-corrected chi connectivity index (χ2v) is 6.17. The molecule has 1 heterocycles. The maximum atomic E-state index is 12.6. The van der Waals surface area contributed by atoms with Gasteiger partial charge in [-0.2, -0.15) is 0 Å². The second-order valence-electron chi connectivity index (χ2n) is 6.17. The van der Waals surface area contributed by atoms with E-state index in [9.17, 15) is 4.79 Å². The molecule has 0 saturated carbocycles. The molecular formula is C18H25N5O. The van der Waals surface area contributed by atoms with Crippen molar-refractivity contribution in [2.24, 2.45) is 0 Å².